The predicted octanol–water partition coefficient (Wildman–Crippen LogP) is 5.53. The third kappa shape index (κ3) is 4.92. The molecule has 0 aliphatic heterocycles. The molecule has 1 heterocycles. The van der Waals surface area contributed by atoms with Crippen LogP contribution in [0.15, 0.2) is 70.9 Å². The first-order valence-electron chi connectivity index (χ1n) is 9.36. The van der Waals surface area contributed by atoms with E-state index in [2.05, 4.69) is 0 Å². The fourth-order valence-electron chi connectivity index (χ4n) is 3.24. The molecule has 8 heteroatoms. The van der Waals surface area contributed by atoms with Crippen LogP contribution in [0.2, 0.25) is 4.34 Å². The Labute approximate surface area is 185 Å². The van der Waals surface area contributed by atoms with E-state index in [1.807, 2.05) is 37.3 Å². The summed E-state index contributed by atoms with van der Waals surface area (Å²) in [4.78, 5) is 11.7. The molecule has 3 aromatic rings. The number of ether oxygens (including phenoxy) is 1. The first-order chi connectivity index (χ1) is 14.4. The lowest BCUT2D eigenvalue weighted by atomic mass is 10.0. The summed E-state index contributed by atoms with van der Waals surface area (Å²) in [7, 11) is -2.47. The smallest absolute Gasteiger partial charge is 0.337 e. The van der Waals surface area contributed by atoms with Crippen LogP contribution in [0.5, 0.6) is 0 Å². The van der Waals surface area contributed by atoms with Gasteiger partial charge in [-0.25, -0.2) is 13.2 Å². The summed E-state index contributed by atoms with van der Waals surface area (Å²) in [5, 5.41) is 0. The van der Waals surface area contributed by atoms with Gasteiger partial charge in [0, 0.05) is 6.54 Å². The predicted molar refractivity (Wildman–Crippen MR) is 119 cm³/mol. The molecule has 0 N–H and O–H groups in total. The monoisotopic (exact) mass is 463 g/mol. The number of benzene rings is 2. The standard InChI is InChI=1S/C22H22ClNO4S2/c1-3-19(17-7-5-4-6-8-17)24(30(26,27)21-14-13-20(23)29-21)15-16-9-11-18(12-10-16)22(25)28-2/h4-14,19H,3,15H2,1-2H3/t19-/m0/s1. The van der Waals surface area contributed by atoms with Gasteiger partial charge in [-0.1, -0.05) is 61.0 Å². The Morgan fingerprint density at radius 3 is 2.27 bits per heavy atom. The van der Waals surface area contributed by atoms with Crippen LogP contribution in [0.4, 0.5) is 0 Å². The number of hydrogen-bond acceptors (Lipinski definition) is 5. The number of rotatable bonds is 8. The van der Waals surface area contributed by atoms with Crippen molar-refractivity contribution in [3.8, 4) is 0 Å². The number of esters is 1. The van der Waals surface area contributed by atoms with Crippen molar-refractivity contribution in [1.82, 2.24) is 4.31 Å². The van der Waals surface area contributed by atoms with Gasteiger partial charge in [-0.15, -0.1) is 11.3 Å². The molecular weight excluding hydrogens is 442 g/mol. The van der Waals surface area contributed by atoms with E-state index in [9.17, 15) is 13.2 Å². The molecule has 5 nitrogen and oxygen atoms in total. The van der Waals surface area contributed by atoms with Crippen molar-refractivity contribution in [3.63, 3.8) is 0 Å². The zero-order valence-electron chi connectivity index (χ0n) is 16.6. The van der Waals surface area contributed by atoms with E-state index < -0.39 is 16.0 Å². The number of hydrogen-bond donors (Lipinski definition) is 0. The van der Waals surface area contributed by atoms with Crippen molar-refractivity contribution in [1.29, 1.82) is 0 Å². The fraction of sp³-hybridized carbons (Fsp3) is 0.227. The summed E-state index contributed by atoms with van der Waals surface area (Å²) in [6.07, 6.45) is 0.600. The van der Waals surface area contributed by atoms with Gasteiger partial charge in [-0.3, -0.25) is 0 Å². The number of carbonyl (C=O) groups excluding carboxylic acids is 1. The Balaban J connectivity index is 2.02. The third-order valence-corrected chi connectivity index (χ3v) is 8.30. The van der Waals surface area contributed by atoms with Gasteiger partial charge in [0.1, 0.15) is 4.21 Å². The summed E-state index contributed by atoms with van der Waals surface area (Å²) in [5.74, 6) is -0.435. The van der Waals surface area contributed by atoms with Crippen molar-refractivity contribution in [2.45, 2.75) is 30.1 Å². The maximum atomic E-state index is 13.5. The lowest BCUT2D eigenvalue weighted by Gasteiger charge is -2.30. The molecule has 0 aliphatic rings. The van der Waals surface area contributed by atoms with Crippen molar-refractivity contribution >= 4 is 38.9 Å². The van der Waals surface area contributed by atoms with E-state index in [0.717, 1.165) is 22.5 Å². The van der Waals surface area contributed by atoms with Gasteiger partial charge in [-0.05, 0) is 41.8 Å². The highest BCUT2D eigenvalue weighted by atomic mass is 35.5. The van der Waals surface area contributed by atoms with Crippen molar-refractivity contribution in [3.05, 3.63) is 87.8 Å². The molecule has 1 aromatic heterocycles. The second kappa shape index (κ2) is 9.75. The van der Waals surface area contributed by atoms with Crippen LogP contribution in [-0.2, 0) is 21.3 Å². The highest BCUT2D eigenvalue weighted by Crippen LogP contribution is 2.35. The molecule has 0 radical (unpaired) electrons. The number of nitrogens with zero attached hydrogens (tertiary/aromatic N) is 1. The van der Waals surface area contributed by atoms with Gasteiger partial charge in [-0.2, -0.15) is 4.31 Å². The van der Waals surface area contributed by atoms with Crippen LogP contribution in [-0.4, -0.2) is 25.8 Å². The second-order valence-corrected chi connectivity index (χ2v) is 10.5. The molecule has 0 saturated carbocycles. The molecule has 0 fully saturated rings. The first-order valence-corrected chi connectivity index (χ1v) is 12.0. The van der Waals surface area contributed by atoms with Crippen molar-refractivity contribution in [2.75, 3.05) is 7.11 Å². The number of sulfonamides is 1. The molecule has 0 aliphatic carbocycles. The molecule has 0 unspecified atom stereocenters. The molecule has 30 heavy (non-hydrogen) atoms. The molecule has 0 bridgehead atoms. The second-order valence-electron chi connectivity index (χ2n) is 6.63. The third-order valence-electron chi connectivity index (χ3n) is 4.74. The summed E-state index contributed by atoms with van der Waals surface area (Å²) >= 11 is 7.05. The zero-order valence-corrected chi connectivity index (χ0v) is 19.0. The van der Waals surface area contributed by atoms with Gasteiger partial charge in [0.25, 0.3) is 10.0 Å². The zero-order chi connectivity index (χ0) is 21.7. The maximum Gasteiger partial charge on any atom is 0.337 e. The molecule has 0 amide bonds. The molecule has 158 valence electrons. The largest absolute Gasteiger partial charge is 0.465 e. The van der Waals surface area contributed by atoms with Gasteiger partial charge in [0.05, 0.1) is 23.1 Å². The van der Waals surface area contributed by atoms with Crippen LogP contribution in [0, 0.1) is 0 Å². The minimum absolute atomic E-state index is 0.159. The normalized spacial score (nSPS) is 12.7. The van der Waals surface area contributed by atoms with Crippen LogP contribution < -0.4 is 0 Å². The van der Waals surface area contributed by atoms with Gasteiger partial charge in [0.15, 0.2) is 0 Å². The van der Waals surface area contributed by atoms with E-state index >= 15 is 0 Å². The first kappa shape index (κ1) is 22.5. The summed E-state index contributed by atoms with van der Waals surface area (Å²) in [6.45, 7) is 2.12. The van der Waals surface area contributed by atoms with E-state index in [-0.39, 0.29) is 16.8 Å². The lowest BCUT2D eigenvalue weighted by Crippen LogP contribution is -2.34. The van der Waals surface area contributed by atoms with Gasteiger partial charge < -0.3 is 4.74 Å². The average molecular weight is 464 g/mol. The molecule has 3 rings (SSSR count). The van der Waals surface area contributed by atoms with Crippen LogP contribution in [0.25, 0.3) is 0 Å². The summed E-state index contributed by atoms with van der Waals surface area (Å²) in [5.41, 5.74) is 2.09. The lowest BCUT2D eigenvalue weighted by molar-refractivity contribution is 0.0600. The Morgan fingerprint density at radius 2 is 1.73 bits per heavy atom. The fourth-order valence-corrected chi connectivity index (χ4v) is 6.53. The minimum Gasteiger partial charge on any atom is -0.465 e. The Hall–Kier alpha value is -2.19. The highest BCUT2D eigenvalue weighted by Gasteiger charge is 2.33. The summed E-state index contributed by atoms with van der Waals surface area (Å²) < 4.78 is 33.9. The molecule has 0 spiro atoms. The number of thiophene rings is 1. The Bertz CT molecular complexity index is 1100. The topological polar surface area (TPSA) is 63.7 Å². The SMILES string of the molecule is CC[C@@H](c1ccccc1)N(Cc1ccc(C(=O)OC)cc1)S(=O)(=O)c1ccc(Cl)s1. The molecular formula is C22H22ClNO4S2. The molecule has 2 aromatic carbocycles. The van der Waals surface area contributed by atoms with Gasteiger partial charge >= 0.3 is 5.97 Å². The van der Waals surface area contributed by atoms with Crippen LogP contribution in [0.3, 0.4) is 0 Å². The van der Waals surface area contributed by atoms with Crippen molar-refractivity contribution < 1.29 is 17.9 Å². The van der Waals surface area contributed by atoms with E-state index in [1.165, 1.54) is 17.5 Å². The van der Waals surface area contributed by atoms with Crippen LogP contribution >= 0.6 is 22.9 Å². The van der Waals surface area contributed by atoms with Gasteiger partial charge in [0.2, 0.25) is 0 Å². The highest BCUT2D eigenvalue weighted by molar-refractivity contribution is 7.91. The quantitative estimate of drug-likeness (QED) is 0.412. The van der Waals surface area contributed by atoms with E-state index in [0.29, 0.717) is 16.3 Å². The molecule has 0 saturated heterocycles. The molecule has 1 atom stereocenters. The van der Waals surface area contributed by atoms with E-state index in [4.69, 9.17) is 16.3 Å². The minimum atomic E-state index is -3.79. The number of methoxy groups -OCH3 is 1. The average Bonchev–Trinajstić information content (AvgIpc) is 3.21. The Kier molecular flexibility index (Phi) is 7.31. The Morgan fingerprint density at radius 1 is 1.07 bits per heavy atom. The number of halogens is 1. The number of carbonyl (C=O) groups is 1. The van der Waals surface area contributed by atoms with Crippen molar-refractivity contribution in [2.24, 2.45) is 0 Å². The summed E-state index contributed by atoms with van der Waals surface area (Å²) in [6, 6.07) is 19.1. The maximum absolute atomic E-state index is 13.5. The van der Waals surface area contributed by atoms with Crippen LogP contribution in [0.1, 0.15) is 40.9 Å². The van der Waals surface area contributed by atoms with E-state index in [1.54, 1.807) is 30.3 Å².